The maximum absolute atomic E-state index is 13.2. The first kappa shape index (κ1) is 24.4. The standard InChI is InChI=1S/C25H27F2NO5/c26-20-5-1-18(2-6-20)15-32-24-10-9-23(31-17-22(30)14-28-11-12-29)13-25(24)33-16-19-3-7-21(27)8-4-19/h1-10,13,22,28-30H,11-12,14-17H2/t22-/m0/s1. The molecule has 0 radical (unpaired) electrons. The van der Waals surface area contributed by atoms with Crippen molar-refractivity contribution in [2.75, 3.05) is 26.3 Å². The predicted molar refractivity (Wildman–Crippen MR) is 119 cm³/mol. The largest absolute Gasteiger partial charge is 0.491 e. The van der Waals surface area contributed by atoms with Crippen molar-refractivity contribution in [3.05, 3.63) is 89.5 Å². The molecule has 3 N–H and O–H groups in total. The zero-order chi connectivity index (χ0) is 23.5. The maximum Gasteiger partial charge on any atom is 0.165 e. The number of aliphatic hydroxyl groups is 2. The number of rotatable bonds is 13. The minimum Gasteiger partial charge on any atom is -0.491 e. The Balaban J connectivity index is 1.67. The van der Waals surface area contributed by atoms with Gasteiger partial charge in [0.15, 0.2) is 11.5 Å². The Morgan fingerprint density at radius 3 is 1.91 bits per heavy atom. The molecule has 0 aliphatic rings. The number of ether oxygens (including phenoxy) is 3. The molecule has 3 aromatic carbocycles. The molecule has 0 aliphatic heterocycles. The molecule has 3 aromatic rings. The molecule has 0 saturated heterocycles. The van der Waals surface area contributed by atoms with Crippen LogP contribution >= 0.6 is 0 Å². The van der Waals surface area contributed by atoms with Gasteiger partial charge in [-0.1, -0.05) is 24.3 Å². The fourth-order valence-corrected chi connectivity index (χ4v) is 2.89. The van der Waals surface area contributed by atoms with Crippen molar-refractivity contribution < 1.29 is 33.2 Å². The van der Waals surface area contributed by atoms with Crippen LogP contribution in [-0.2, 0) is 13.2 Å². The van der Waals surface area contributed by atoms with Crippen LogP contribution in [0.1, 0.15) is 11.1 Å². The molecule has 0 spiro atoms. The van der Waals surface area contributed by atoms with Gasteiger partial charge >= 0.3 is 0 Å². The minimum absolute atomic E-state index is 0.0122. The smallest absolute Gasteiger partial charge is 0.165 e. The van der Waals surface area contributed by atoms with Crippen molar-refractivity contribution in [1.82, 2.24) is 5.32 Å². The number of benzene rings is 3. The van der Waals surface area contributed by atoms with Gasteiger partial charge in [0.1, 0.15) is 43.3 Å². The van der Waals surface area contributed by atoms with Crippen molar-refractivity contribution in [3.63, 3.8) is 0 Å². The Bertz CT molecular complexity index is 983. The van der Waals surface area contributed by atoms with Gasteiger partial charge in [-0.15, -0.1) is 0 Å². The normalized spacial score (nSPS) is 11.8. The highest BCUT2D eigenvalue weighted by molar-refractivity contribution is 5.46. The van der Waals surface area contributed by atoms with Crippen LogP contribution in [0.3, 0.4) is 0 Å². The Labute approximate surface area is 191 Å². The van der Waals surface area contributed by atoms with Gasteiger partial charge in [0.2, 0.25) is 0 Å². The molecule has 0 amide bonds. The zero-order valence-corrected chi connectivity index (χ0v) is 18.0. The molecule has 0 unspecified atom stereocenters. The number of hydrogen-bond donors (Lipinski definition) is 3. The van der Waals surface area contributed by atoms with Crippen LogP contribution in [0.4, 0.5) is 8.78 Å². The van der Waals surface area contributed by atoms with Crippen molar-refractivity contribution in [3.8, 4) is 17.2 Å². The van der Waals surface area contributed by atoms with E-state index in [1.165, 1.54) is 24.3 Å². The Hall–Kier alpha value is -3.20. The highest BCUT2D eigenvalue weighted by Crippen LogP contribution is 2.33. The van der Waals surface area contributed by atoms with E-state index in [-0.39, 0.29) is 44.6 Å². The fourth-order valence-electron chi connectivity index (χ4n) is 2.89. The first-order chi connectivity index (χ1) is 16.0. The lowest BCUT2D eigenvalue weighted by atomic mass is 10.2. The summed E-state index contributed by atoms with van der Waals surface area (Å²) in [6, 6.07) is 17.0. The monoisotopic (exact) mass is 459 g/mol. The maximum atomic E-state index is 13.2. The van der Waals surface area contributed by atoms with E-state index < -0.39 is 6.10 Å². The van der Waals surface area contributed by atoms with Crippen LogP contribution in [0.5, 0.6) is 17.2 Å². The summed E-state index contributed by atoms with van der Waals surface area (Å²) < 4.78 is 43.7. The molecule has 8 heteroatoms. The van der Waals surface area contributed by atoms with E-state index in [2.05, 4.69) is 5.32 Å². The predicted octanol–water partition coefficient (Wildman–Crippen LogP) is 3.44. The van der Waals surface area contributed by atoms with Crippen molar-refractivity contribution in [2.45, 2.75) is 19.3 Å². The molecule has 0 aliphatic carbocycles. The van der Waals surface area contributed by atoms with E-state index >= 15 is 0 Å². The van der Waals surface area contributed by atoms with Gasteiger partial charge in [-0.25, -0.2) is 8.78 Å². The third kappa shape index (κ3) is 8.34. The third-order valence-corrected chi connectivity index (χ3v) is 4.64. The number of aliphatic hydroxyl groups excluding tert-OH is 2. The van der Waals surface area contributed by atoms with Gasteiger partial charge in [-0.3, -0.25) is 0 Å². The lowest BCUT2D eigenvalue weighted by Crippen LogP contribution is -2.32. The molecule has 0 heterocycles. The Morgan fingerprint density at radius 2 is 1.33 bits per heavy atom. The molecular weight excluding hydrogens is 432 g/mol. The number of hydrogen-bond acceptors (Lipinski definition) is 6. The average molecular weight is 459 g/mol. The summed E-state index contributed by atoms with van der Waals surface area (Å²) >= 11 is 0. The summed E-state index contributed by atoms with van der Waals surface area (Å²) in [7, 11) is 0. The first-order valence-electron chi connectivity index (χ1n) is 10.5. The molecule has 0 bridgehead atoms. The van der Waals surface area contributed by atoms with E-state index in [0.717, 1.165) is 11.1 Å². The molecule has 33 heavy (non-hydrogen) atoms. The average Bonchev–Trinajstić information content (AvgIpc) is 2.83. The van der Waals surface area contributed by atoms with Crippen LogP contribution in [-0.4, -0.2) is 42.6 Å². The zero-order valence-electron chi connectivity index (χ0n) is 18.0. The molecule has 0 saturated carbocycles. The third-order valence-electron chi connectivity index (χ3n) is 4.64. The van der Waals surface area contributed by atoms with Crippen LogP contribution in [0.15, 0.2) is 66.7 Å². The molecule has 3 rings (SSSR count). The molecule has 176 valence electrons. The second kappa shape index (κ2) is 12.7. The lowest BCUT2D eigenvalue weighted by molar-refractivity contribution is 0.105. The van der Waals surface area contributed by atoms with Crippen LogP contribution in [0, 0.1) is 11.6 Å². The molecular formula is C25H27F2NO5. The first-order valence-corrected chi connectivity index (χ1v) is 10.5. The van der Waals surface area contributed by atoms with Gasteiger partial charge in [0.25, 0.3) is 0 Å². The van der Waals surface area contributed by atoms with Crippen molar-refractivity contribution >= 4 is 0 Å². The van der Waals surface area contributed by atoms with Gasteiger partial charge in [0, 0.05) is 19.2 Å². The summed E-state index contributed by atoms with van der Waals surface area (Å²) in [5.41, 5.74) is 1.57. The van der Waals surface area contributed by atoms with E-state index in [0.29, 0.717) is 23.8 Å². The van der Waals surface area contributed by atoms with Crippen molar-refractivity contribution in [1.29, 1.82) is 0 Å². The minimum atomic E-state index is -0.755. The fraction of sp³-hybridized carbons (Fsp3) is 0.280. The Kier molecular flexibility index (Phi) is 9.44. The second-order valence-corrected chi connectivity index (χ2v) is 7.33. The molecule has 6 nitrogen and oxygen atoms in total. The summed E-state index contributed by atoms with van der Waals surface area (Å²) in [5.74, 6) is 0.687. The van der Waals surface area contributed by atoms with E-state index in [1.54, 1.807) is 42.5 Å². The Morgan fingerprint density at radius 1 is 0.758 bits per heavy atom. The summed E-state index contributed by atoms with van der Waals surface area (Å²) in [4.78, 5) is 0. The SMILES string of the molecule is OCCNC[C@H](O)COc1ccc(OCc2ccc(F)cc2)c(OCc2ccc(F)cc2)c1. The topological polar surface area (TPSA) is 80.2 Å². The van der Waals surface area contributed by atoms with Gasteiger partial charge < -0.3 is 29.7 Å². The van der Waals surface area contributed by atoms with Gasteiger partial charge in [-0.05, 0) is 47.5 Å². The van der Waals surface area contributed by atoms with Gasteiger partial charge in [0.05, 0.1) is 6.61 Å². The number of nitrogens with one attached hydrogen (secondary N) is 1. The summed E-state index contributed by atoms with van der Waals surface area (Å²) in [6.07, 6.45) is -0.755. The van der Waals surface area contributed by atoms with Crippen molar-refractivity contribution in [2.24, 2.45) is 0 Å². The van der Waals surface area contributed by atoms with E-state index in [4.69, 9.17) is 19.3 Å². The summed E-state index contributed by atoms with van der Waals surface area (Å²) in [6.45, 7) is 1.10. The quantitative estimate of drug-likeness (QED) is 0.340. The van der Waals surface area contributed by atoms with Crippen LogP contribution < -0.4 is 19.5 Å². The van der Waals surface area contributed by atoms with E-state index in [9.17, 15) is 13.9 Å². The van der Waals surface area contributed by atoms with Crippen LogP contribution in [0.25, 0.3) is 0 Å². The van der Waals surface area contributed by atoms with Crippen LogP contribution in [0.2, 0.25) is 0 Å². The number of halogens is 2. The highest BCUT2D eigenvalue weighted by atomic mass is 19.1. The van der Waals surface area contributed by atoms with Gasteiger partial charge in [-0.2, -0.15) is 0 Å². The molecule has 0 aromatic heterocycles. The molecule has 0 fully saturated rings. The lowest BCUT2D eigenvalue weighted by Gasteiger charge is -2.16. The highest BCUT2D eigenvalue weighted by Gasteiger charge is 2.11. The second-order valence-electron chi connectivity index (χ2n) is 7.33. The molecule has 1 atom stereocenters. The van der Waals surface area contributed by atoms with E-state index in [1.807, 2.05) is 0 Å². The summed E-state index contributed by atoms with van der Waals surface area (Å²) in [5, 5.41) is 21.7.